The van der Waals surface area contributed by atoms with E-state index >= 15 is 0 Å². The number of fused-ring (bicyclic) bond motifs is 1. The van der Waals surface area contributed by atoms with Crippen LogP contribution in [0, 0.1) is 11.8 Å². The maximum atomic E-state index is 13.7. The number of carbonyl (C=O) groups is 2. The molecule has 2 fully saturated rings. The van der Waals surface area contributed by atoms with Crippen LogP contribution in [0.4, 0.5) is 9.59 Å². The van der Waals surface area contributed by atoms with Crippen molar-refractivity contribution in [1.82, 2.24) is 14.5 Å². The van der Waals surface area contributed by atoms with Crippen molar-refractivity contribution in [2.24, 2.45) is 11.8 Å². The average Bonchev–Trinajstić information content (AvgIpc) is 3.57. The number of benzene rings is 2. The molecule has 12 nitrogen and oxygen atoms in total. The first-order valence-electron chi connectivity index (χ1n) is 15.2. The van der Waals surface area contributed by atoms with Gasteiger partial charge in [0.15, 0.2) is 0 Å². The van der Waals surface area contributed by atoms with Gasteiger partial charge in [-0.2, -0.15) is 4.31 Å². The van der Waals surface area contributed by atoms with Gasteiger partial charge in [-0.25, -0.2) is 18.0 Å². The van der Waals surface area contributed by atoms with Gasteiger partial charge in [0, 0.05) is 39.5 Å². The zero-order valence-corrected chi connectivity index (χ0v) is 27.3. The SMILES string of the molecule is COc1ccc(S(=O)(=O)N(CC(C)C)C[C@@H](O)[C@H](Cc2ccccc2)NC(=O)O[C@@H]2C[C@H]3[C@@H](C2)OC[C@H]3OC(=O)N(C)C)cc1. The van der Waals surface area contributed by atoms with Crippen molar-refractivity contribution in [1.29, 1.82) is 0 Å². The minimum Gasteiger partial charge on any atom is -0.497 e. The summed E-state index contributed by atoms with van der Waals surface area (Å²) in [6.45, 7) is 4.01. The Kier molecular flexibility index (Phi) is 11.7. The summed E-state index contributed by atoms with van der Waals surface area (Å²) in [4.78, 5) is 26.7. The molecule has 6 atom stereocenters. The van der Waals surface area contributed by atoms with Crippen LogP contribution < -0.4 is 10.1 Å². The minimum absolute atomic E-state index is 0.0272. The number of aliphatic hydroxyl groups is 1. The van der Waals surface area contributed by atoms with Crippen molar-refractivity contribution in [3.63, 3.8) is 0 Å². The number of hydrogen-bond acceptors (Lipinski definition) is 9. The minimum atomic E-state index is -3.98. The second-order valence-corrected chi connectivity index (χ2v) is 14.2. The van der Waals surface area contributed by atoms with Crippen LogP contribution in [0.2, 0.25) is 0 Å². The van der Waals surface area contributed by atoms with E-state index in [0.29, 0.717) is 25.2 Å². The summed E-state index contributed by atoms with van der Waals surface area (Å²) in [7, 11) is 0.742. The monoisotopic (exact) mass is 647 g/mol. The molecular formula is C32H45N3O9S. The van der Waals surface area contributed by atoms with Crippen molar-refractivity contribution >= 4 is 22.2 Å². The van der Waals surface area contributed by atoms with Gasteiger partial charge in [-0.15, -0.1) is 0 Å². The van der Waals surface area contributed by atoms with E-state index in [4.69, 9.17) is 18.9 Å². The maximum absolute atomic E-state index is 13.7. The summed E-state index contributed by atoms with van der Waals surface area (Å²) >= 11 is 0. The van der Waals surface area contributed by atoms with Gasteiger partial charge in [0.25, 0.3) is 0 Å². The number of sulfonamides is 1. The van der Waals surface area contributed by atoms with Crippen molar-refractivity contribution in [3.05, 3.63) is 60.2 Å². The predicted octanol–water partition coefficient (Wildman–Crippen LogP) is 3.28. The summed E-state index contributed by atoms with van der Waals surface area (Å²) in [6, 6.07) is 14.5. The van der Waals surface area contributed by atoms with Gasteiger partial charge in [-0.3, -0.25) is 0 Å². The molecule has 0 radical (unpaired) electrons. The highest BCUT2D eigenvalue weighted by atomic mass is 32.2. The molecule has 45 heavy (non-hydrogen) atoms. The Bertz CT molecular complexity index is 1370. The molecule has 1 saturated carbocycles. The van der Waals surface area contributed by atoms with Crippen LogP contribution in [0.25, 0.3) is 0 Å². The standard InChI is InChI=1S/C32H45N3O9S/c1-21(2)18-35(45(39,40)25-13-11-23(41-5)12-14-25)19-28(36)27(15-22-9-7-6-8-10-22)33-31(37)43-24-16-26-29(17-24)42-20-30(26)44-32(38)34(3)4/h6-14,21,24,26-30,36H,15-20H2,1-5H3,(H,33,37)/t24-,26+,27+,28-,29-,30-/m1/s1. The average molecular weight is 648 g/mol. The predicted molar refractivity (Wildman–Crippen MR) is 166 cm³/mol. The second-order valence-electron chi connectivity index (χ2n) is 12.3. The third kappa shape index (κ3) is 9.09. The van der Waals surface area contributed by atoms with Crippen LogP contribution in [0.1, 0.15) is 32.3 Å². The van der Waals surface area contributed by atoms with Crippen molar-refractivity contribution in [2.45, 2.75) is 68.5 Å². The number of nitrogens with zero attached hydrogens (tertiary/aromatic N) is 2. The fraction of sp³-hybridized carbons (Fsp3) is 0.562. The fourth-order valence-electron chi connectivity index (χ4n) is 5.76. The fourth-order valence-corrected chi connectivity index (χ4v) is 7.38. The van der Waals surface area contributed by atoms with Crippen molar-refractivity contribution in [3.8, 4) is 5.75 Å². The highest BCUT2D eigenvalue weighted by Crippen LogP contribution is 2.39. The van der Waals surface area contributed by atoms with E-state index in [1.807, 2.05) is 44.2 Å². The normalized spacial score (nSPS) is 22.5. The van der Waals surface area contributed by atoms with E-state index in [9.17, 15) is 23.1 Å². The van der Waals surface area contributed by atoms with Gasteiger partial charge in [0.2, 0.25) is 10.0 Å². The summed E-state index contributed by atoms with van der Waals surface area (Å²) in [5.74, 6) is 0.406. The second kappa shape index (κ2) is 15.3. The molecule has 1 aliphatic heterocycles. The van der Waals surface area contributed by atoms with E-state index in [2.05, 4.69) is 5.32 Å². The molecule has 0 bridgehead atoms. The van der Waals surface area contributed by atoms with Crippen LogP contribution in [-0.2, 0) is 30.7 Å². The Morgan fingerprint density at radius 3 is 2.33 bits per heavy atom. The summed E-state index contributed by atoms with van der Waals surface area (Å²) in [6.07, 6.45) is -2.35. The topological polar surface area (TPSA) is 144 Å². The first-order chi connectivity index (χ1) is 21.4. The number of carbonyl (C=O) groups excluding carboxylic acids is 2. The van der Waals surface area contributed by atoms with E-state index in [1.165, 1.54) is 28.4 Å². The van der Waals surface area contributed by atoms with Gasteiger partial charge in [-0.05, 0) is 48.6 Å². The highest BCUT2D eigenvalue weighted by Gasteiger charge is 2.48. The van der Waals surface area contributed by atoms with Crippen molar-refractivity contribution in [2.75, 3.05) is 40.9 Å². The van der Waals surface area contributed by atoms with Crippen LogP contribution >= 0.6 is 0 Å². The highest BCUT2D eigenvalue weighted by molar-refractivity contribution is 7.89. The third-order valence-electron chi connectivity index (χ3n) is 8.07. The summed E-state index contributed by atoms with van der Waals surface area (Å²) in [5, 5.41) is 14.3. The Balaban J connectivity index is 1.45. The number of amides is 2. The number of hydrogen-bond donors (Lipinski definition) is 2. The molecule has 2 amide bonds. The zero-order chi connectivity index (χ0) is 32.7. The van der Waals surface area contributed by atoms with E-state index < -0.39 is 46.6 Å². The first kappa shape index (κ1) is 34.5. The smallest absolute Gasteiger partial charge is 0.409 e. The lowest BCUT2D eigenvalue weighted by atomic mass is 10.0. The molecule has 1 aliphatic carbocycles. The quantitative estimate of drug-likeness (QED) is 0.335. The van der Waals surface area contributed by atoms with Crippen LogP contribution in [0.3, 0.4) is 0 Å². The molecular weight excluding hydrogens is 602 g/mol. The largest absolute Gasteiger partial charge is 0.497 e. The maximum Gasteiger partial charge on any atom is 0.409 e. The summed E-state index contributed by atoms with van der Waals surface area (Å²) in [5.41, 5.74) is 0.851. The van der Waals surface area contributed by atoms with Gasteiger partial charge in [0.05, 0.1) is 36.9 Å². The first-order valence-corrected chi connectivity index (χ1v) is 16.6. The number of rotatable bonds is 13. The molecule has 248 valence electrons. The number of alkyl carbamates (subject to hydrolysis) is 1. The lowest BCUT2D eigenvalue weighted by Gasteiger charge is -2.31. The molecule has 0 aromatic heterocycles. The van der Waals surface area contributed by atoms with E-state index in [1.54, 1.807) is 26.2 Å². The Hall–Kier alpha value is -3.39. The molecule has 0 spiro atoms. The van der Waals surface area contributed by atoms with Gasteiger partial charge in [0.1, 0.15) is 18.0 Å². The van der Waals surface area contributed by atoms with Crippen LogP contribution in [0.5, 0.6) is 5.75 Å². The molecule has 13 heteroatoms. The number of methoxy groups -OCH3 is 1. The third-order valence-corrected chi connectivity index (χ3v) is 9.92. The lowest BCUT2D eigenvalue weighted by Crippen LogP contribution is -2.51. The van der Waals surface area contributed by atoms with Gasteiger partial charge in [-0.1, -0.05) is 44.2 Å². The molecule has 4 rings (SSSR count). The van der Waals surface area contributed by atoms with Crippen LogP contribution in [-0.4, -0.2) is 106 Å². The van der Waals surface area contributed by atoms with Crippen molar-refractivity contribution < 1.29 is 42.1 Å². The molecule has 1 saturated heterocycles. The number of aliphatic hydroxyl groups excluding tert-OH is 1. The van der Waals surface area contributed by atoms with Gasteiger partial charge >= 0.3 is 12.2 Å². The van der Waals surface area contributed by atoms with E-state index in [0.717, 1.165) is 5.56 Å². The molecule has 2 N–H and O–H groups in total. The molecule has 2 aromatic carbocycles. The number of nitrogens with one attached hydrogen (secondary N) is 1. The zero-order valence-electron chi connectivity index (χ0n) is 26.5. The Morgan fingerprint density at radius 2 is 1.71 bits per heavy atom. The molecule has 1 heterocycles. The van der Waals surface area contributed by atoms with Crippen LogP contribution in [0.15, 0.2) is 59.5 Å². The molecule has 2 aromatic rings. The van der Waals surface area contributed by atoms with Gasteiger partial charge < -0.3 is 34.3 Å². The number of ether oxygens (including phenoxy) is 4. The summed E-state index contributed by atoms with van der Waals surface area (Å²) < 4.78 is 50.9. The van der Waals surface area contributed by atoms with E-state index in [-0.39, 0.29) is 42.3 Å². The molecule has 2 aliphatic rings. The Labute approximate surface area is 265 Å². The Morgan fingerprint density at radius 1 is 1.02 bits per heavy atom. The lowest BCUT2D eigenvalue weighted by molar-refractivity contribution is 0.0279. The molecule has 0 unspecified atom stereocenters.